The number of hydrogen-bond acceptors (Lipinski definition) is 3. The van der Waals surface area contributed by atoms with Gasteiger partial charge in [-0.3, -0.25) is 4.79 Å². The lowest BCUT2D eigenvalue weighted by atomic mass is 9.97. The summed E-state index contributed by atoms with van der Waals surface area (Å²) in [4.78, 5) is 16.7. The fraction of sp³-hybridized carbons (Fsp3) is 0.524. The van der Waals surface area contributed by atoms with Crippen LogP contribution in [0.1, 0.15) is 80.2 Å². The van der Waals surface area contributed by atoms with Crippen molar-refractivity contribution in [2.75, 3.05) is 6.54 Å². The molecule has 0 unspecified atom stereocenters. The van der Waals surface area contributed by atoms with Gasteiger partial charge in [0.05, 0.1) is 5.69 Å². The first kappa shape index (κ1) is 19.2. The zero-order chi connectivity index (χ0) is 18.6. The van der Waals surface area contributed by atoms with Crippen molar-refractivity contribution in [3.8, 4) is 0 Å². The number of nitrogens with zero attached hydrogens (tertiary/aromatic N) is 1. The first-order valence-electron chi connectivity index (χ1n) is 9.03. The Balaban J connectivity index is 1.83. The van der Waals surface area contributed by atoms with Gasteiger partial charge in [0.25, 0.3) is 5.91 Å². The number of oxazole rings is 1. The molecule has 0 bridgehead atoms. The Morgan fingerprint density at radius 3 is 2.36 bits per heavy atom. The number of aryl methyl sites for hydroxylation is 2. The van der Waals surface area contributed by atoms with Crippen molar-refractivity contribution >= 4 is 5.91 Å². The Morgan fingerprint density at radius 2 is 1.84 bits per heavy atom. The Bertz CT molecular complexity index is 706. The standard InChI is InChI=1S/C21H30N2O2/c1-14(2)16-9-11-17(12-10-16)19(24)22-13-7-8-18-15(3)23-20(25-18)21(4,5)6/h9-12,14H,7-8,13H2,1-6H3,(H,22,24). The highest BCUT2D eigenvalue weighted by atomic mass is 16.4. The summed E-state index contributed by atoms with van der Waals surface area (Å²) in [5.41, 5.74) is 2.81. The molecular weight excluding hydrogens is 312 g/mol. The van der Waals surface area contributed by atoms with Crippen molar-refractivity contribution < 1.29 is 9.21 Å². The molecule has 4 heteroatoms. The number of hydrogen-bond donors (Lipinski definition) is 1. The maximum atomic E-state index is 12.2. The van der Waals surface area contributed by atoms with Crippen molar-refractivity contribution in [2.24, 2.45) is 0 Å². The molecule has 0 spiro atoms. The molecule has 0 fully saturated rings. The molecule has 1 heterocycles. The van der Waals surface area contributed by atoms with E-state index >= 15 is 0 Å². The molecule has 1 N–H and O–H groups in total. The number of nitrogens with one attached hydrogen (secondary N) is 1. The Morgan fingerprint density at radius 1 is 1.20 bits per heavy atom. The smallest absolute Gasteiger partial charge is 0.251 e. The zero-order valence-electron chi connectivity index (χ0n) is 16.3. The predicted octanol–water partition coefficient (Wildman–Crippen LogP) is 4.77. The molecule has 2 aromatic rings. The highest BCUT2D eigenvalue weighted by molar-refractivity contribution is 5.94. The van der Waals surface area contributed by atoms with Gasteiger partial charge in [0.15, 0.2) is 5.89 Å². The first-order chi connectivity index (χ1) is 11.7. The molecule has 25 heavy (non-hydrogen) atoms. The summed E-state index contributed by atoms with van der Waals surface area (Å²) in [5.74, 6) is 2.13. The molecular formula is C21H30N2O2. The average molecular weight is 342 g/mol. The van der Waals surface area contributed by atoms with E-state index in [-0.39, 0.29) is 11.3 Å². The largest absolute Gasteiger partial charge is 0.445 e. The van der Waals surface area contributed by atoms with Gasteiger partial charge in [-0.25, -0.2) is 4.98 Å². The van der Waals surface area contributed by atoms with Crippen LogP contribution in [0.3, 0.4) is 0 Å². The van der Waals surface area contributed by atoms with Crippen LogP contribution < -0.4 is 5.32 Å². The molecule has 0 atom stereocenters. The Hall–Kier alpha value is -2.10. The lowest BCUT2D eigenvalue weighted by Gasteiger charge is -2.12. The van der Waals surface area contributed by atoms with Crippen LogP contribution in [0.5, 0.6) is 0 Å². The third-order valence-corrected chi connectivity index (χ3v) is 4.24. The summed E-state index contributed by atoms with van der Waals surface area (Å²) >= 11 is 0. The summed E-state index contributed by atoms with van der Waals surface area (Å²) in [7, 11) is 0. The number of carbonyl (C=O) groups excluding carboxylic acids is 1. The second-order valence-corrected chi connectivity index (χ2v) is 7.91. The maximum absolute atomic E-state index is 12.2. The van der Waals surface area contributed by atoms with E-state index in [1.54, 1.807) is 0 Å². The molecule has 136 valence electrons. The molecule has 0 saturated carbocycles. The molecule has 2 rings (SSSR count). The van der Waals surface area contributed by atoms with Crippen molar-refractivity contribution in [1.29, 1.82) is 0 Å². The van der Waals surface area contributed by atoms with Crippen LogP contribution >= 0.6 is 0 Å². The molecule has 1 amide bonds. The SMILES string of the molecule is Cc1nc(C(C)(C)C)oc1CCCNC(=O)c1ccc(C(C)C)cc1. The van der Waals surface area contributed by atoms with Crippen LogP contribution in [0.2, 0.25) is 0 Å². The van der Waals surface area contributed by atoms with Gasteiger partial charge in [-0.2, -0.15) is 0 Å². The van der Waals surface area contributed by atoms with Crippen LogP contribution in [0, 0.1) is 6.92 Å². The molecule has 0 aliphatic heterocycles. The van der Waals surface area contributed by atoms with Gasteiger partial charge in [0.1, 0.15) is 5.76 Å². The predicted molar refractivity (Wildman–Crippen MR) is 101 cm³/mol. The highest BCUT2D eigenvalue weighted by Gasteiger charge is 2.22. The van der Waals surface area contributed by atoms with Crippen molar-refractivity contribution in [2.45, 2.75) is 65.7 Å². The summed E-state index contributed by atoms with van der Waals surface area (Å²) < 4.78 is 5.88. The minimum absolute atomic E-state index is 0.0278. The number of rotatable bonds is 6. The van der Waals surface area contributed by atoms with Gasteiger partial charge in [-0.1, -0.05) is 46.8 Å². The minimum atomic E-state index is -0.0840. The van der Waals surface area contributed by atoms with Crippen molar-refractivity contribution in [3.05, 3.63) is 52.7 Å². The van der Waals surface area contributed by atoms with Crippen LogP contribution in [0.15, 0.2) is 28.7 Å². The van der Waals surface area contributed by atoms with Gasteiger partial charge in [-0.15, -0.1) is 0 Å². The van der Waals surface area contributed by atoms with E-state index in [9.17, 15) is 4.79 Å². The number of benzene rings is 1. The summed E-state index contributed by atoms with van der Waals surface area (Å²) in [5, 5.41) is 2.97. The fourth-order valence-corrected chi connectivity index (χ4v) is 2.55. The van der Waals surface area contributed by atoms with E-state index in [0.29, 0.717) is 18.0 Å². The van der Waals surface area contributed by atoms with Gasteiger partial charge >= 0.3 is 0 Å². The quantitative estimate of drug-likeness (QED) is 0.770. The lowest BCUT2D eigenvalue weighted by Crippen LogP contribution is -2.24. The third kappa shape index (κ3) is 5.18. The second-order valence-electron chi connectivity index (χ2n) is 7.91. The summed E-state index contributed by atoms with van der Waals surface area (Å²) in [6.45, 7) is 13.2. The van der Waals surface area contributed by atoms with E-state index < -0.39 is 0 Å². The fourth-order valence-electron chi connectivity index (χ4n) is 2.55. The third-order valence-electron chi connectivity index (χ3n) is 4.24. The molecule has 1 aromatic carbocycles. The number of amides is 1. The molecule has 0 radical (unpaired) electrons. The van der Waals surface area contributed by atoms with E-state index in [0.717, 1.165) is 30.2 Å². The molecule has 0 aliphatic rings. The van der Waals surface area contributed by atoms with Crippen LogP contribution in [-0.4, -0.2) is 17.4 Å². The molecule has 4 nitrogen and oxygen atoms in total. The van der Waals surface area contributed by atoms with Gasteiger partial charge < -0.3 is 9.73 Å². The van der Waals surface area contributed by atoms with E-state index in [1.807, 2.05) is 31.2 Å². The van der Waals surface area contributed by atoms with E-state index in [2.05, 4.69) is 44.9 Å². The normalized spacial score (nSPS) is 11.8. The van der Waals surface area contributed by atoms with Crippen LogP contribution in [0.4, 0.5) is 0 Å². The maximum Gasteiger partial charge on any atom is 0.251 e. The topological polar surface area (TPSA) is 55.1 Å². The Kier molecular flexibility index (Phi) is 6.04. The summed E-state index contributed by atoms with van der Waals surface area (Å²) in [6, 6.07) is 7.82. The van der Waals surface area contributed by atoms with Gasteiger partial charge in [0.2, 0.25) is 0 Å². The van der Waals surface area contributed by atoms with Gasteiger partial charge in [-0.05, 0) is 37.0 Å². The molecule has 0 saturated heterocycles. The highest BCUT2D eigenvalue weighted by Crippen LogP contribution is 2.24. The average Bonchev–Trinajstić information content (AvgIpc) is 2.92. The monoisotopic (exact) mass is 342 g/mol. The first-order valence-corrected chi connectivity index (χ1v) is 9.03. The van der Waals surface area contributed by atoms with E-state index in [4.69, 9.17) is 4.42 Å². The van der Waals surface area contributed by atoms with Gasteiger partial charge in [0, 0.05) is 23.9 Å². The lowest BCUT2D eigenvalue weighted by molar-refractivity contribution is 0.0953. The molecule has 0 aliphatic carbocycles. The second kappa shape index (κ2) is 7.85. The minimum Gasteiger partial charge on any atom is -0.445 e. The van der Waals surface area contributed by atoms with Crippen molar-refractivity contribution in [3.63, 3.8) is 0 Å². The number of aromatic nitrogens is 1. The van der Waals surface area contributed by atoms with Crippen LogP contribution in [-0.2, 0) is 11.8 Å². The van der Waals surface area contributed by atoms with Crippen LogP contribution in [0.25, 0.3) is 0 Å². The van der Waals surface area contributed by atoms with E-state index in [1.165, 1.54) is 5.56 Å². The van der Waals surface area contributed by atoms with Crippen molar-refractivity contribution in [1.82, 2.24) is 10.3 Å². The Labute approximate surface area is 151 Å². The summed E-state index contributed by atoms with van der Waals surface area (Å²) in [6.07, 6.45) is 1.61. The number of carbonyl (C=O) groups is 1. The molecule has 1 aromatic heterocycles. The zero-order valence-corrected chi connectivity index (χ0v) is 16.3.